The lowest BCUT2D eigenvalue weighted by Crippen LogP contribution is -2.54. The van der Waals surface area contributed by atoms with Crippen LogP contribution in [0.25, 0.3) is 5.82 Å². The van der Waals surface area contributed by atoms with Crippen molar-refractivity contribution >= 4 is 11.6 Å². The fourth-order valence-corrected chi connectivity index (χ4v) is 5.07. The lowest BCUT2D eigenvalue weighted by molar-refractivity contribution is -0.141. The van der Waals surface area contributed by atoms with E-state index in [-0.39, 0.29) is 23.5 Å². The highest BCUT2D eigenvalue weighted by Gasteiger charge is 2.51. The Morgan fingerprint density at radius 3 is 3.00 bits per heavy atom. The maximum absolute atomic E-state index is 13.0. The van der Waals surface area contributed by atoms with Gasteiger partial charge in [0.05, 0.1) is 24.1 Å². The normalized spacial score (nSPS) is 28.2. The highest BCUT2D eigenvalue weighted by atomic mass is 16.5. The van der Waals surface area contributed by atoms with Crippen molar-refractivity contribution in [3.8, 4) is 5.82 Å². The third-order valence-corrected chi connectivity index (χ3v) is 6.57. The molecule has 1 N–H and O–H groups in total. The van der Waals surface area contributed by atoms with E-state index in [1.54, 1.807) is 7.11 Å². The van der Waals surface area contributed by atoms with Crippen molar-refractivity contribution in [1.29, 1.82) is 0 Å². The summed E-state index contributed by atoms with van der Waals surface area (Å²) in [5.41, 5.74) is 1.98. The highest BCUT2D eigenvalue weighted by molar-refractivity contribution is 5.81. The first-order valence-electron chi connectivity index (χ1n) is 10.0. The molecule has 3 aliphatic rings. The highest BCUT2D eigenvalue weighted by Crippen LogP contribution is 2.47. The number of fused-ring (bicyclic) bond motifs is 4. The molecule has 1 spiro atoms. The Hall–Kier alpha value is -2.38. The Morgan fingerprint density at radius 1 is 1.36 bits per heavy atom. The van der Waals surface area contributed by atoms with Gasteiger partial charge in [-0.15, -0.1) is 0 Å². The largest absolute Gasteiger partial charge is 0.393 e. The van der Waals surface area contributed by atoms with E-state index in [1.807, 2.05) is 17.2 Å². The summed E-state index contributed by atoms with van der Waals surface area (Å²) in [4.78, 5) is 22.0. The van der Waals surface area contributed by atoms with Crippen molar-refractivity contribution in [3.05, 3.63) is 42.4 Å². The van der Waals surface area contributed by atoms with Crippen molar-refractivity contribution in [2.45, 2.75) is 30.9 Å². The zero-order valence-electron chi connectivity index (χ0n) is 16.1. The van der Waals surface area contributed by atoms with Gasteiger partial charge in [-0.25, -0.2) is 4.98 Å². The van der Waals surface area contributed by atoms with Crippen LogP contribution in [0.15, 0.2) is 36.7 Å². The number of carbonyl (C=O) groups is 1. The molecule has 5 rings (SSSR count). The number of nitrogens with zero attached hydrogens (tertiary/aromatic N) is 4. The van der Waals surface area contributed by atoms with Gasteiger partial charge in [0.15, 0.2) is 5.82 Å². The summed E-state index contributed by atoms with van der Waals surface area (Å²) < 4.78 is 7.57. The number of aliphatic hydroxyl groups is 1. The summed E-state index contributed by atoms with van der Waals surface area (Å²) in [5, 5.41) is 9.60. The molecule has 0 bridgehead atoms. The standard InChI is InChI=1S/C21H26N4O3/c1-28-11-10-25-17-4-2-7-22-19(17)24-8-3-5-18(24)21(25)6-9-23(14-21)20(27)15-12-16(26)13-15/h2-5,7-8,15-16,26H,6,9-14H2,1H3/t15?,16?,21-/m1/s1. The SMILES string of the molecule is COCCN1c2cccnc2-n2cccc2[C@]12CCN(C(=O)C1CC(O)C1)C2. The number of pyridine rings is 1. The summed E-state index contributed by atoms with van der Waals surface area (Å²) in [5.74, 6) is 1.09. The van der Waals surface area contributed by atoms with Crippen molar-refractivity contribution in [3.63, 3.8) is 0 Å². The van der Waals surface area contributed by atoms with Crippen LogP contribution in [0.3, 0.4) is 0 Å². The van der Waals surface area contributed by atoms with Crippen LogP contribution in [0.1, 0.15) is 25.0 Å². The summed E-state index contributed by atoms with van der Waals surface area (Å²) in [6.45, 7) is 2.74. The maximum Gasteiger partial charge on any atom is 0.225 e. The Kier molecular flexibility index (Phi) is 4.17. The van der Waals surface area contributed by atoms with Crippen molar-refractivity contribution in [2.24, 2.45) is 5.92 Å². The van der Waals surface area contributed by atoms with Crippen LogP contribution >= 0.6 is 0 Å². The number of carbonyl (C=O) groups excluding carboxylic acids is 1. The van der Waals surface area contributed by atoms with Crippen LogP contribution < -0.4 is 4.90 Å². The van der Waals surface area contributed by atoms with Gasteiger partial charge in [-0.2, -0.15) is 0 Å². The number of anilines is 1. The first-order chi connectivity index (χ1) is 13.6. The molecule has 1 saturated heterocycles. The summed E-state index contributed by atoms with van der Waals surface area (Å²) in [6, 6.07) is 8.28. The predicted molar refractivity (Wildman–Crippen MR) is 104 cm³/mol. The lowest BCUT2D eigenvalue weighted by atomic mass is 9.81. The second-order valence-corrected chi connectivity index (χ2v) is 8.12. The van der Waals surface area contributed by atoms with Crippen LogP contribution in [-0.2, 0) is 15.1 Å². The van der Waals surface area contributed by atoms with Crippen LogP contribution in [-0.4, -0.2) is 64.9 Å². The van der Waals surface area contributed by atoms with Crippen LogP contribution in [0.4, 0.5) is 5.69 Å². The second-order valence-electron chi connectivity index (χ2n) is 8.12. The van der Waals surface area contributed by atoms with Gasteiger partial charge < -0.3 is 24.2 Å². The monoisotopic (exact) mass is 382 g/mol. The average molecular weight is 382 g/mol. The van der Waals surface area contributed by atoms with Gasteiger partial charge in [-0.3, -0.25) is 4.79 Å². The van der Waals surface area contributed by atoms with E-state index in [0.717, 1.165) is 31.0 Å². The molecule has 7 heteroatoms. The first kappa shape index (κ1) is 17.7. The summed E-state index contributed by atoms with van der Waals surface area (Å²) in [7, 11) is 1.72. The van der Waals surface area contributed by atoms with Crippen molar-refractivity contribution in [1.82, 2.24) is 14.5 Å². The molecule has 0 aromatic carbocycles. The van der Waals surface area contributed by atoms with Crippen LogP contribution in [0.2, 0.25) is 0 Å². The molecule has 7 nitrogen and oxygen atoms in total. The number of amides is 1. The lowest BCUT2D eigenvalue weighted by Gasteiger charge is -2.47. The molecule has 2 aromatic heterocycles. The Labute approximate surface area is 164 Å². The fourth-order valence-electron chi connectivity index (χ4n) is 5.07. The molecule has 2 aliphatic heterocycles. The van der Waals surface area contributed by atoms with E-state index in [2.05, 4.69) is 38.8 Å². The minimum absolute atomic E-state index is 0.0260. The molecule has 148 valence electrons. The van der Waals surface area contributed by atoms with Gasteiger partial charge in [0, 0.05) is 45.1 Å². The Morgan fingerprint density at radius 2 is 2.21 bits per heavy atom. The molecule has 2 aromatic rings. The maximum atomic E-state index is 13.0. The van der Waals surface area contributed by atoms with Crippen LogP contribution in [0.5, 0.6) is 0 Å². The van der Waals surface area contributed by atoms with Gasteiger partial charge in [0.25, 0.3) is 0 Å². The smallest absolute Gasteiger partial charge is 0.225 e. The number of likely N-dealkylation sites (tertiary alicyclic amines) is 1. The zero-order valence-corrected chi connectivity index (χ0v) is 16.1. The van der Waals surface area contributed by atoms with E-state index in [9.17, 15) is 9.90 Å². The van der Waals surface area contributed by atoms with E-state index in [1.165, 1.54) is 5.69 Å². The first-order valence-corrected chi connectivity index (χ1v) is 10.0. The Balaban J connectivity index is 1.53. The van der Waals surface area contributed by atoms with Crippen molar-refractivity contribution < 1.29 is 14.6 Å². The fraction of sp³-hybridized carbons (Fsp3) is 0.524. The molecular weight excluding hydrogens is 356 g/mol. The van der Waals surface area contributed by atoms with Gasteiger partial charge in [0.2, 0.25) is 5.91 Å². The second kappa shape index (κ2) is 6.60. The molecule has 1 aliphatic carbocycles. The summed E-state index contributed by atoms with van der Waals surface area (Å²) in [6.07, 6.45) is 5.63. The summed E-state index contributed by atoms with van der Waals surface area (Å²) >= 11 is 0. The van der Waals surface area contributed by atoms with Gasteiger partial charge in [-0.05, 0) is 43.5 Å². The number of hydrogen-bond donors (Lipinski definition) is 1. The third kappa shape index (κ3) is 2.49. The molecule has 28 heavy (non-hydrogen) atoms. The average Bonchev–Trinajstić information content (AvgIpc) is 3.34. The molecule has 1 amide bonds. The van der Waals surface area contributed by atoms with Crippen LogP contribution in [0, 0.1) is 5.92 Å². The molecule has 1 saturated carbocycles. The van der Waals surface area contributed by atoms with E-state index in [0.29, 0.717) is 26.0 Å². The van der Waals surface area contributed by atoms with E-state index in [4.69, 9.17) is 4.74 Å². The van der Waals surface area contributed by atoms with Crippen molar-refractivity contribution in [2.75, 3.05) is 38.3 Å². The molecule has 1 atom stereocenters. The minimum Gasteiger partial charge on any atom is -0.393 e. The molecule has 4 heterocycles. The Bertz CT molecular complexity index is 891. The number of aromatic nitrogens is 2. The molecule has 2 fully saturated rings. The zero-order chi connectivity index (χ0) is 19.3. The van der Waals surface area contributed by atoms with E-state index >= 15 is 0 Å². The predicted octanol–water partition coefficient (Wildman–Crippen LogP) is 1.54. The topological polar surface area (TPSA) is 70.8 Å². The van der Waals surface area contributed by atoms with Gasteiger partial charge in [0.1, 0.15) is 5.54 Å². The number of hydrogen-bond acceptors (Lipinski definition) is 5. The quantitative estimate of drug-likeness (QED) is 0.869. The number of rotatable bonds is 4. The number of aliphatic hydroxyl groups excluding tert-OH is 1. The molecular formula is C21H26N4O3. The van der Waals surface area contributed by atoms with Gasteiger partial charge >= 0.3 is 0 Å². The van der Waals surface area contributed by atoms with Gasteiger partial charge in [-0.1, -0.05) is 0 Å². The number of ether oxygens (including phenoxy) is 1. The minimum atomic E-state index is -0.312. The molecule has 0 radical (unpaired) electrons. The van der Waals surface area contributed by atoms with E-state index < -0.39 is 0 Å². The number of methoxy groups -OCH3 is 1. The molecule has 0 unspecified atom stereocenters. The third-order valence-electron chi connectivity index (χ3n) is 6.57.